The van der Waals surface area contributed by atoms with Crippen LogP contribution in [-0.2, 0) is 0 Å². The fourth-order valence-corrected chi connectivity index (χ4v) is 3.75. The molecule has 0 spiro atoms. The molecule has 0 radical (unpaired) electrons. The van der Waals surface area contributed by atoms with Crippen LogP contribution in [-0.4, -0.2) is 12.5 Å². The van der Waals surface area contributed by atoms with Crippen molar-refractivity contribution in [2.45, 2.75) is 33.1 Å². The van der Waals surface area contributed by atoms with Crippen LogP contribution >= 0.6 is 11.3 Å². The predicted molar refractivity (Wildman–Crippen MR) is 85.3 cm³/mol. The molecule has 3 nitrogen and oxygen atoms in total. The summed E-state index contributed by atoms with van der Waals surface area (Å²) in [5.41, 5.74) is 8.21. The van der Waals surface area contributed by atoms with Gasteiger partial charge >= 0.3 is 0 Å². The Labute approximate surface area is 123 Å². The highest BCUT2D eigenvalue weighted by molar-refractivity contribution is 7.21. The molecule has 1 amide bonds. The summed E-state index contributed by atoms with van der Waals surface area (Å²) in [6.45, 7) is 5.01. The number of thiophene rings is 1. The maximum absolute atomic E-state index is 12.3. The quantitative estimate of drug-likeness (QED) is 0.904. The molecule has 1 aromatic carbocycles. The zero-order valence-corrected chi connectivity index (χ0v) is 12.8. The van der Waals surface area contributed by atoms with Gasteiger partial charge in [-0.2, -0.15) is 0 Å². The molecule has 0 saturated heterocycles. The van der Waals surface area contributed by atoms with Gasteiger partial charge in [0.15, 0.2) is 0 Å². The highest BCUT2D eigenvalue weighted by Gasteiger charge is 2.32. The second-order valence-electron chi connectivity index (χ2n) is 6.19. The summed E-state index contributed by atoms with van der Waals surface area (Å²) >= 11 is 1.48. The third-order valence-electron chi connectivity index (χ3n) is 4.32. The average Bonchev–Trinajstić information content (AvgIpc) is 2.71. The van der Waals surface area contributed by atoms with Crippen molar-refractivity contribution in [2.24, 2.45) is 5.41 Å². The number of anilines is 1. The molecule has 1 fully saturated rings. The van der Waals surface area contributed by atoms with Crippen LogP contribution in [0.1, 0.15) is 41.4 Å². The number of carbonyl (C=O) groups is 1. The van der Waals surface area contributed by atoms with E-state index < -0.39 is 0 Å². The molecule has 3 rings (SSSR count). The number of hydrogen-bond donors (Lipinski definition) is 2. The summed E-state index contributed by atoms with van der Waals surface area (Å²) < 4.78 is 1.08. The van der Waals surface area contributed by atoms with Crippen LogP contribution in [0.5, 0.6) is 0 Å². The SMILES string of the molecule is Cc1ccc2sc(C(=O)NCC3(C)CCC3)c(N)c2c1. The summed E-state index contributed by atoms with van der Waals surface area (Å²) in [6, 6.07) is 6.14. The highest BCUT2D eigenvalue weighted by atomic mass is 32.1. The Kier molecular flexibility index (Phi) is 3.21. The molecule has 1 aromatic heterocycles. The fourth-order valence-electron chi connectivity index (χ4n) is 2.73. The lowest BCUT2D eigenvalue weighted by molar-refractivity contribution is 0.0895. The maximum Gasteiger partial charge on any atom is 0.263 e. The normalized spacial score (nSPS) is 16.9. The minimum atomic E-state index is -0.0329. The van der Waals surface area contributed by atoms with Crippen molar-refractivity contribution in [3.8, 4) is 0 Å². The van der Waals surface area contributed by atoms with Gasteiger partial charge in [0.25, 0.3) is 5.91 Å². The third kappa shape index (κ3) is 2.29. The van der Waals surface area contributed by atoms with E-state index in [-0.39, 0.29) is 11.3 Å². The molecule has 3 N–H and O–H groups in total. The van der Waals surface area contributed by atoms with E-state index in [2.05, 4.69) is 18.3 Å². The zero-order chi connectivity index (χ0) is 14.3. The van der Waals surface area contributed by atoms with E-state index in [9.17, 15) is 4.79 Å². The van der Waals surface area contributed by atoms with Gasteiger partial charge in [0, 0.05) is 16.6 Å². The molecular weight excluding hydrogens is 268 g/mol. The molecule has 0 atom stereocenters. The van der Waals surface area contributed by atoms with E-state index in [1.807, 2.05) is 19.1 Å². The van der Waals surface area contributed by atoms with Crippen LogP contribution in [0.2, 0.25) is 0 Å². The van der Waals surface area contributed by atoms with Crippen molar-refractivity contribution in [3.63, 3.8) is 0 Å². The molecule has 1 saturated carbocycles. The number of aryl methyl sites for hydroxylation is 1. The first kappa shape index (κ1) is 13.4. The van der Waals surface area contributed by atoms with Gasteiger partial charge in [-0.25, -0.2) is 0 Å². The second-order valence-corrected chi connectivity index (χ2v) is 7.24. The molecule has 0 bridgehead atoms. The van der Waals surface area contributed by atoms with Crippen molar-refractivity contribution in [1.82, 2.24) is 5.32 Å². The van der Waals surface area contributed by atoms with E-state index in [4.69, 9.17) is 5.73 Å². The Morgan fingerprint density at radius 3 is 2.85 bits per heavy atom. The number of nitrogens with two attached hydrogens (primary N) is 1. The molecule has 2 aromatic rings. The van der Waals surface area contributed by atoms with Crippen LogP contribution in [0.3, 0.4) is 0 Å². The zero-order valence-electron chi connectivity index (χ0n) is 12.0. The van der Waals surface area contributed by atoms with Gasteiger partial charge in [-0.15, -0.1) is 11.3 Å². The predicted octanol–water partition coefficient (Wildman–Crippen LogP) is 3.71. The number of amides is 1. The molecule has 1 aliphatic carbocycles. The topological polar surface area (TPSA) is 55.1 Å². The van der Waals surface area contributed by atoms with Crippen molar-refractivity contribution in [3.05, 3.63) is 28.6 Å². The van der Waals surface area contributed by atoms with Crippen molar-refractivity contribution >= 4 is 33.0 Å². The van der Waals surface area contributed by atoms with Crippen LogP contribution in [0.25, 0.3) is 10.1 Å². The number of benzene rings is 1. The van der Waals surface area contributed by atoms with Crippen molar-refractivity contribution < 1.29 is 4.79 Å². The molecule has 0 unspecified atom stereocenters. The monoisotopic (exact) mass is 288 g/mol. The molecule has 1 aliphatic rings. The molecule has 106 valence electrons. The lowest BCUT2D eigenvalue weighted by atomic mass is 9.70. The number of hydrogen-bond acceptors (Lipinski definition) is 3. The van der Waals surface area contributed by atoms with Crippen molar-refractivity contribution in [2.75, 3.05) is 12.3 Å². The van der Waals surface area contributed by atoms with Crippen molar-refractivity contribution in [1.29, 1.82) is 0 Å². The van der Waals surface area contributed by atoms with E-state index in [1.54, 1.807) is 0 Å². The summed E-state index contributed by atoms with van der Waals surface area (Å²) in [6.07, 6.45) is 3.68. The number of fused-ring (bicyclic) bond motifs is 1. The lowest BCUT2D eigenvalue weighted by Crippen LogP contribution is -2.39. The smallest absolute Gasteiger partial charge is 0.263 e. The standard InChI is InChI=1S/C16H20N2OS/c1-10-4-5-12-11(8-10)13(17)14(20-12)15(19)18-9-16(2)6-3-7-16/h4-5,8H,3,6-7,9,17H2,1-2H3,(H,18,19). The van der Waals surface area contributed by atoms with E-state index in [0.29, 0.717) is 10.6 Å². The van der Waals surface area contributed by atoms with Gasteiger partial charge < -0.3 is 11.1 Å². The van der Waals surface area contributed by atoms with Crippen LogP contribution in [0.15, 0.2) is 18.2 Å². The van der Waals surface area contributed by atoms with Gasteiger partial charge in [0.2, 0.25) is 0 Å². The summed E-state index contributed by atoms with van der Waals surface area (Å²) in [4.78, 5) is 13.0. The van der Waals surface area contributed by atoms with Crippen LogP contribution in [0, 0.1) is 12.3 Å². The Morgan fingerprint density at radius 1 is 1.45 bits per heavy atom. The van der Waals surface area contributed by atoms with Crippen LogP contribution < -0.4 is 11.1 Å². The number of carbonyl (C=O) groups excluding carboxylic acids is 1. The number of nitrogen functional groups attached to an aromatic ring is 1. The average molecular weight is 288 g/mol. The molecule has 0 aliphatic heterocycles. The fraction of sp³-hybridized carbons (Fsp3) is 0.438. The molecule has 20 heavy (non-hydrogen) atoms. The van der Waals surface area contributed by atoms with Gasteiger partial charge in [-0.1, -0.05) is 25.0 Å². The Morgan fingerprint density at radius 2 is 2.20 bits per heavy atom. The minimum absolute atomic E-state index is 0.0329. The number of nitrogens with one attached hydrogen (secondary N) is 1. The maximum atomic E-state index is 12.3. The van der Waals surface area contributed by atoms with Gasteiger partial charge in [-0.05, 0) is 37.3 Å². The Hall–Kier alpha value is -1.55. The summed E-state index contributed by atoms with van der Waals surface area (Å²) in [7, 11) is 0. The largest absolute Gasteiger partial charge is 0.397 e. The van der Waals surface area contributed by atoms with E-state index in [1.165, 1.54) is 30.6 Å². The molecule has 1 heterocycles. The summed E-state index contributed by atoms with van der Waals surface area (Å²) in [5, 5.41) is 4.04. The first-order valence-corrected chi connectivity index (χ1v) is 7.87. The molecular formula is C16H20N2OS. The molecule has 4 heteroatoms. The van der Waals surface area contributed by atoms with E-state index >= 15 is 0 Å². The van der Waals surface area contributed by atoms with Crippen LogP contribution in [0.4, 0.5) is 5.69 Å². The summed E-state index contributed by atoms with van der Waals surface area (Å²) in [5.74, 6) is -0.0329. The second kappa shape index (κ2) is 4.77. The third-order valence-corrected chi connectivity index (χ3v) is 5.51. The van der Waals surface area contributed by atoms with Gasteiger partial charge in [0.1, 0.15) is 4.88 Å². The van der Waals surface area contributed by atoms with Gasteiger partial charge in [-0.3, -0.25) is 4.79 Å². The first-order valence-electron chi connectivity index (χ1n) is 7.05. The van der Waals surface area contributed by atoms with Gasteiger partial charge in [0.05, 0.1) is 5.69 Å². The minimum Gasteiger partial charge on any atom is -0.397 e. The highest BCUT2D eigenvalue weighted by Crippen LogP contribution is 2.40. The van der Waals surface area contributed by atoms with E-state index in [0.717, 1.165) is 22.2 Å². The Bertz CT molecular complexity index is 670. The Balaban J connectivity index is 1.82. The first-order chi connectivity index (χ1) is 9.48. The number of rotatable bonds is 3. The lowest BCUT2D eigenvalue weighted by Gasteiger charge is -2.38.